The topological polar surface area (TPSA) is 47.6 Å². The predicted octanol–water partition coefficient (Wildman–Crippen LogP) is -1.44. The van der Waals surface area contributed by atoms with Crippen LogP contribution in [-0.2, 0) is 14.3 Å². The van der Waals surface area contributed by atoms with Gasteiger partial charge in [-0.3, -0.25) is 4.79 Å². The Labute approximate surface area is 159 Å². The Morgan fingerprint density at radius 2 is 1.84 bits per heavy atom. The zero-order chi connectivity index (χ0) is 13.6. The first-order valence-corrected chi connectivity index (χ1v) is 6.48. The van der Waals surface area contributed by atoms with Crippen LogP contribution in [0.15, 0.2) is 0 Å². The van der Waals surface area contributed by atoms with Crippen LogP contribution in [-0.4, -0.2) is 38.9 Å². The molecule has 19 heavy (non-hydrogen) atoms. The number of amides is 1. The maximum atomic E-state index is 11.1. The zero-order valence-electron chi connectivity index (χ0n) is 12.5. The van der Waals surface area contributed by atoms with Gasteiger partial charge in [-0.1, -0.05) is 13.8 Å². The molecule has 1 amide bonds. The van der Waals surface area contributed by atoms with E-state index >= 15 is 0 Å². The Morgan fingerprint density at radius 1 is 1.21 bits per heavy atom. The van der Waals surface area contributed by atoms with Gasteiger partial charge < -0.3 is 27.1 Å². The molecule has 0 aromatic heterocycles. The summed E-state index contributed by atoms with van der Waals surface area (Å²) in [7, 11) is 0. The van der Waals surface area contributed by atoms with Crippen molar-refractivity contribution < 1.29 is 65.7 Å². The van der Waals surface area contributed by atoms with Gasteiger partial charge >= 0.3 is 51.4 Å². The molecular weight excluding hydrogens is 269 g/mol. The fourth-order valence-corrected chi connectivity index (χ4v) is 1.17. The molecular formula is C14H24KNO3. The molecule has 5 heteroatoms. The zero-order valence-corrected chi connectivity index (χ0v) is 15.6. The van der Waals surface area contributed by atoms with E-state index in [-0.39, 0.29) is 57.3 Å². The van der Waals surface area contributed by atoms with E-state index in [4.69, 9.17) is 15.9 Å². The molecule has 0 saturated carbocycles. The second-order valence-corrected chi connectivity index (χ2v) is 4.43. The van der Waals surface area contributed by atoms with E-state index in [1.54, 1.807) is 0 Å². The number of ether oxygens (including phenoxy) is 2. The normalized spacial score (nSPS) is 9.79. The van der Waals surface area contributed by atoms with Gasteiger partial charge in [0.15, 0.2) is 0 Å². The maximum Gasteiger partial charge on any atom is 1.00 e. The monoisotopic (exact) mass is 293 g/mol. The van der Waals surface area contributed by atoms with E-state index in [0.29, 0.717) is 45.1 Å². The van der Waals surface area contributed by atoms with E-state index < -0.39 is 0 Å². The molecule has 0 aliphatic heterocycles. The Kier molecular flexibility index (Phi) is 19.2. The van der Waals surface area contributed by atoms with E-state index in [1.165, 1.54) is 0 Å². The Hall–Kier alpha value is 0.586. The Morgan fingerprint density at radius 3 is 2.42 bits per heavy atom. The Bertz CT molecular complexity index is 252. The van der Waals surface area contributed by atoms with Crippen molar-refractivity contribution >= 4 is 5.91 Å². The van der Waals surface area contributed by atoms with Crippen LogP contribution >= 0.6 is 0 Å². The SMILES string of the molecule is [C-]#CCCC(=O)NCCOCCOCCC(C)C.[K+]. The first-order chi connectivity index (χ1) is 8.66. The minimum absolute atomic E-state index is 0. The number of carbonyl (C=O) groups is 1. The van der Waals surface area contributed by atoms with Gasteiger partial charge in [-0.2, -0.15) is 0 Å². The van der Waals surface area contributed by atoms with Crippen LogP contribution in [0, 0.1) is 18.3 Å². The van der Waals surface area contributed by atoms with Gasteiger partial charge in [0.25, 0.3) is 0 Å². The molecule has 0 aromatic carbocycles. The van der Waals surface area contributed by atoms with Crippen molar-refractivity contribution in [1.82, 2.24) is 5.32 Å². The third-order valence-corrected chi connectivity index (χ3v) is 2.26. The first kappa shape index (κ1) is 21.9. The number of rotatable bonds is 11. The number of nitrogens with one attached hydrogen (secondary N) is 1. The summed E-state index contributed by atoms with van der Waals surface area (Å²) in [6, 6.07) is 0. The molecule has 0 atom stereocenters. The van der Waals surface area contributed by atoms with Gasteiger partial charge in [0.2, 0.25) is 5.91 Å². The number of hydrogen-bond donors (Lipinski definition) is 1. The predicted molar refractivity (Wildman–Crippen MR) is 70.5 cm³/mol. The molecule has 0 unspecified atom stereocenters. The fourth-order valence-electron chi connectivity index (χ4n) is 1.17. The molecule has 0 fully saturated rings. The summed E-state index contributed by atoms with van der Waals surface area (Å²) >= 11 is 0. The van der Waals surface area contributed by atoms with Crippen LogP contribution in [0.1, 0.15) is 33.1 Å². The quantitative estimate of drug-likeness (QED) is 0.220. The molecule has 104 valence electrons. The molecule has 0 aromatic rings. The molecule has 0 saturated heterocycles. The van der Waals surface area contributed by atoms with Gasteiger partial charge in [-0.15, -0.1) is 0 Å². The van der Waals surface area contributed by atoms with Crippen molar-refractivity contribution in [3.05, 3.63) is 6.42 Å². The molecule has 0 rings (SSSR count). The molecule has 0 radical (unpaired) electrons. The van der Waals surface area contributed by atoms with E-state index in [1.807, 2.05) is 0 Å². The summed E-state index contributed by atoms with van der Waals surface area (Å²) in [6.45, 7) is 7.26. The largest absolute Gasteiger partial charge is 1.00 e. The first-order valence-electron chi connectivity index (χ1n) is 6.48. The van der Waals surface area contributed by atoms with Gasteiger partial charge in [-0.05, 0) is 18.8 Å². The van der Waals surface area contributed by atoms with Crippen molar-refractivity contribution in [2.75, 3.05) is 33.0 Å². The van der Waals surface area contributed by atoms with E-state index in [0.717, 1.165) is 13.0 Å². The summed E-state index contributed by atoms with van der Waals surface area (Å²) in [5, 5.41) is 2.71. The van der Waals surface area contributed by atoms with Crippen LogP contribution in [0.5, 0.6) is 0 Å². The fraction of sp³-hybridized carbons (Fsp3) is 0.786. The van der Waals surface area contributed by atoms with Crippen molar-refractivity contribution in [2.45, 2.75) is 33.1 Å². The third kappa shape index (κ3) is 18.6. The van der Waals surface area contributed by atoms with Gasteiger partial charge in [0.1, 0.15) is 0 Å². The summed E-state index contributed by atoms with van der Waals surface area (Å²) in [4.78, 5) is 11.1. The Balaban J connectivity index is 0. The van der Waals surface area contributed by atoms with Gasteiger partial charge in [0, 0.05) is 19.6 Å². The summed E-state index contributed by atoms with van der Waals surface area (Å²) in [5.41, 5.74) is 0. The van der Waals surface area contributed by atoms with Crippen molar-refractivity contribution in [3.63, 3.8) is 0 Å². The molecule has 0 bridgehead atoms. The summed E-state index contributed by atoms with van der Waals surface area (Å²) in [5.74, 6) is 2.78. The number of carbonyl (C=O) groups excluding carboxylic acids is 1. The third-order valence-electron chi connectivity index (χ3n) is 2.26. The van der Waals surface area contributed by atoms with E-state index in [2.05, 4.69) is 25.1 Å². The molecule has 0 aliphatic carbocycles. The smallest absolute Gasteiger partial charge is 0.694 e. The average molecular weight is 293 g/mol. The van der Waals surface area contributed by atoms with Gasteiger partial charge in [-0.25, -0.2) is 0 Å². The van der Waals surface area contributed by atoms with Crippen molar-refractivity contribution in [2.24, 2.45) is 5.92 Å². The minimum atomic E-state index is -0.0634. The molecule has 0 aliphatic rings. The van der Waals surface area contributed by atoms with Crippen LogP contribution in [0.2, 0.25) is 0 Å². The van der Waals surface area contributed by atoms with Crippen LogP contribution < -0.4 is 56.7 Å². The van der Waals surface area contributed by atoms with Crippen LogP contribution in [0.4, 0.5) is 0 Å². The summed E-state index contributed by atoms with van der Waals surface area (Å²) in [6.07, 6.45) is 8.44. The second-order valence-electron chi connectivity index (χ2n) is 4.43. The second kappa shape index (κ2) is 16.6. The van der Waals surface area contributed by atoms with Gasteiger partial charge in [0.05, 0.1) is 19.8 Å². The molecule has 0 heterocycles. The maximum absolute atomic E-state index is 11.1. The van der Waals surface area contributed by atoms with Crippen LogP contribution in [0.3, 0.4) is 0 Å². The molecule has 1 N–H and O–H groups in total. The molecule has 0 spiro atoms. The van der Waals surface area contributed by atoms with E-state index in [9.17, 15) is 4.79 Å². The standard InChI is InChI=1S/C14H24NO3.K/c1-4-5-6-14(16)15-8-10-18-12-11-17-9-7-13(2)3;/h13H,5-12H2,2-3H3,(H,15,16);/q-1;+1. The summed E-state index contributed by atoms with van der Waals surface area (Å²) < 4.78 is 10.7. The van der Waals surface area contributed by atoms with Crippen molar-refractivity contribution in [3.8, 4) is 5.92 Å². The minimum Gasteiger partial charge on any atom is -0.694 e. The van der Waals surface area contributed by atoms with Crippen LogP contribution in [0.25, 0.3) is 0 Å². The number of hydrogen-bond acceptors (Lipinski definition) is 3. The average Bonchev–Trinajstić information content (AvgIpc) is 2.34. The van der Waals surface area contributed by atoms with Crippen molar-refractivity contribution in [1.29, 1.82) is 0 Å². The molecule has 4 nitrogen and oxygen atoms in total.